The van der Waals surface area contributed by atoms with Gasteiger partial charge in [0.05, 0.1) is 23.3 Å². The van der Waals surface area contributed by atoms with E-state index in [4.69, 9.17) is 5.26 Å². The van der Waals surface area contributed by atoms with Crippen LogP contribution in [0.25, 0.3) is 10.9 Å². The van der Waals surface area contributed by atoms with Crippen LogP contribution in [0.2, 0.25) is 0 Å². The minimum absolute atomic E-state index is 0.632. The van der Waals surface area contributed by atoms with E-state index in [1.807, 2.05) is 42.5 Å². The van der Waals surface area contributed by atoms with Crippen molar-refractivity contribution in [3.05, 3.63) is 59.8 Å². The Morgan fingerprint density at radius 3 is 3.00 bits per heavy atom. The van der Waals surface area contributed by atoms with Gasteiger partial charge < -0.3 is 5.32 Å². The second kappa shape index (κ2) is 4.83. The quantitative estimate of drug-likeness (QED) is 0.748. The maximum atomic E-state index is 9.04. The maximum Gasteiger partial charge on any atom is 0.0995 e. The van der Waals surface area contributed by atoms with E-state index < -0.39 is 0 Å². The summed E-state index contributed by atoms with van der Waals surface area (Å²) in [7, 11) is 0. The standard InChI is InChI=1S/C15H12N4/c16-8-11-3-1-2-4-12(11)9-17-14-5-6-15-13(7-14)10-18-19-15/h1-7,10,17H,9H2,(H,18,19). The normalized spacial score (nSPS) is 10.3. The number of aromatic nitrogens is 2. The Balaban J connectivity index is 1.80. The van der Waals surface area contributed by atoms with Crippen LogP contribution in [-0.2, 0) is 6.54 Å². The van der Waals surface area contributed by atoms with Gasteiger partial charge in [0.2, 0.25) is 0 Å². The summed E-state index contributed by atoms with van der Waals surface area (Å²) in [5, 5.41) is 20.3. The smallest absolute Gasteiger partial charge is 0.0995 e. The Morgan fingerprint density at radius 2 is 2.11 bits per heavy atom. The first-order valence-electron chi connectivity index (χ1n) is 6.02. The number of hydrogen-bond donors (Lipinski definition) is 2. The van der Waals surface area contributed by atoms with Crippen LogP contribution in [0, 0.1) is 11.3 Å². The Kier molecular flexibility index (Phi) is 2.87. The number of benzene rings is 2. The highest BCUT2D eigenvalue weighted by molar-refractivity contribution is 5.81. The van der Waals surface area contributed by atoms with Crippen LogP contribution in [0.1, 0.15) is 11.1 Å². The van der Waals surface area contributed by atoms with Crippen molar-refractivity contribution in [2.45, 2.75) is 6.54 Å². The predicted octanol–water partition coefficient (Wildman–Crippen LogP) is 3.05. The molecule has 0 radical (unpaired) electrons. The highest BCUT2D eigenvalue weighted by Gasteiger charge is 2.01. The summed E-state index contributed by atoms with van der Waals surface area (Å²) in [5.41, 5.74) is 3.74. The van der Waals surface area contributed by atoms with E-state index >= 15 is 0 Å². The number of anilines is 1. The average molecular weight is 248 g/mol. The number of rotatable bonds is 3. The highest BCUT2D eigenvalue weighted by Crippen LogP contribution is 2.18. The SMILES string of the molecule is N#Cc1ccccc1CNc1ccc2[nH]ncc2c1. The topological polar surface area (TPSA) is 64.5 Å². The summed E-state index contributed by atoms with van der Waals surface area (Å²) in [5.74, 6) is 0. The van der Waals surface area contributed by atoms with E-state index in [2.05, 4.69) is 21.6 Å². The Hall–Kier alpha value is -2.80. The molecule has 0 atom stereocenters. The molecule has 0 aliphatic heterocycles. The lowest BCUT2D eigenvalue weighted by Gasteiger charge is -2.07. The minimum atomic E-state index is 0.632. The van der Waals surface area contributed by atoms with E-state index in [0.717, 1.165) is 22.2 Å². The summed E-state index contributed by atoms with van der Waals surface area (Å²) >= 11 is 0. The molecule has 0 amide bonds. The molecule has 0 spiro atoms. The van der Waals surface area contributed by atoms with Crippen LogP contribution in [0.3, 0.4) is 0 Å². The van der Waals surface area contributed by atoms with E-state index in [0.29, 0.717) is 12.1 Å². The lowest BCUT2D eigenvalue weighted by atomic mass is 10.1. The first-order valence-corrected chi connectivity index (χ1v) is 6.02. The number of hydrogen-bond acceptors (Lipinski definition) is 3. The highest BCUT2D eigenvalue weighted by atomic mass is 15.1. The number of fused-ring (bicyclic) bond motifs is 1. The largest absolute Gasteiger partial charge is 0.381 e. The molecule has 2 aromatic carbocycles. The number of H-pyrrole nitrogens is 1. The van der Waals surface area contributed by atoms with Crippen LogP contribution >= 0.6 is 0 Å². The van der Waals surface area contributed by atoms with Crippen molar-refractivity contribution in [3.63, 3.8) is 0 Å². The van der Waals surface area contributed by atoms with Gasteiger partial charge in [-0.2, -0.15) is 10.4 Å². The van der Waals surface area contributed by atoms with Crippen molar-refractivity contribution in [1.82, 2.24) is 10.2 Å². The molecule has 3 rings (SSSR count). The third-order valence-corrected chi connectivity index (χ3v) is 3.06. The van der Waals surface area contributed by atoms with Crippen molar-refractivity contribution in [2.75, 3.05) is 5.32 Å². The lowest BCUT2D eigenvalue weighted by molar-refractivity contribution is 1.12. The molecule has 3 aromatic rings. The molecule has 0 aliphatic rings. The van der Waals surface area contributed by atoms with Gasteiger partial charge in [-0.25, -0.2) is 0 Å². The number of nitriles is 1. The molecule has 1 aromatic heterocycles. The van der Waals surface area contributed by atoms with Gasteiger partial charge >= 0.3 is 0 Å². The van der Waals surface area contributed by atoms with Crippen molar-refractivity contribution >= 4 is 16.6 Å². The minimum Gasteiger partial charge on any atom is -0.381 e. The van der Waals surface area contributed by atoms with Crippen molar-refractivity contribution in [2.24, 2.45) is 0 Å². The summed E-state index contributed by atoms with van der Waals surface area (Å²) in [4.78, 5) is 0. The molecule has 4 nitrogen and oxygen atoms in total. The first kappa shape index (κ1) is 11.3. The van der Waals surface area contributed by atoms with Crippen molar-refractivity contribution in [1.29, 1.82) is 5.26 Å². The zero-order valence-corrected chi connectivity index (χ0v) is 10.2. The zero-order valence-electron chi connectivity index (χ0n) is 10.2. The Bertz CT molecular complexity index is 752. The monoisotopic (exact) mass is 248 g/mol. The van der Waals surface area contributed by atoms with E-state index in [1.54, 1.807) is 6.20 Å². The third kappa shape index (κ3) is 2.26. The molecule has 0 saturated heterocycles. The fourth-order valence-electron chi connectivity index (χ4n) is 2.03. The van der Waals surface area contributed by atoms with Gasteiger partial charge in [-0.3, -0.25) is 5.10 Å². The van der Waals surface area contributed by atoms with Gasteiger partial charge in [0, 0.05) is 17.6 Å². The molecule has 0 bridgehead atoms. The van der Waals surface area contributed by atoms with E-state index in [1.165, 1.54) is 0 Å². The summed E-state index contributed by atoms with van der Waals surface area (Å²) in [6, 6.07) is 15.8. The summed E-state index contributed by atoms with van der Waals surface area (Å²) in [6.07, 6.45) is 1.80. The number of aromatic amines is 1. The maximum absolute atomic E-state index is 9.04. The second-order valence-corrected chi connectivity index (χ2v) is 4.29. The fourth-order valence-corrected chi connectivity index (χ4v) is 2.03. The molecule has 1 heterocycles. The molecule has 0 unspecified atom stereocenters. The number of nitrogens with one attached hydrogen (secondary N) is 2. The Morgan fingerprint density at radius 1 is 1.21 bits per heavy atom. The molecular formula is C15H12N4. The van der Waals surface area contributed by atoms with Gasteiger partial charge in [0.1, 0.15) is 0 Å². The van der Waals surface area contributed by atoms with Crippen LogP contribution < -0.4 is 5.32 Å². The molecule has 0 saturated carbocycles. The van der Waals surface area contributed by atoms with Gasteiger partial charge in [-0.15, -0.1) is 0 Å². The molecule has 19 heavy (non-hydrogen) atoms. The predicted molar refractivity (Wildman–Crippen MR) is 74.6 cm³/mol. The van der Waals surface area contributed by atoms with E-state index in [9.17, 15) is 0 Å². The van der Waals surface area contributed by atoms with Crippen LogP contribution in [0.15, 0.2) is 48.7 Å². The van der Waals surface area contributed by atoms with Gasteiger partial charge in [0.15, 0.2) is 0 Å². The molecule has 92 valence electrons. The number of nitrogens with zero attached hydrogens (tertiary/aromatic N) is 2. The Labute approximate surface area is 110 Å². The molecular weight excluding hydrogens is 236 g/mol. The van der Waals surface area contributed by atoms with Crippen LogP contribution in [-0.4, -0.2) is 10.2 Å². The zero-order chi connectivity index (χ0) is 13.1. The van der Waals surface area contributed by atoms with E-state index in [-0.39, 0.29) is 0 Å². The molecule has 2 N–H and O–H groups in total. The van der Waals surface area contributed by atoms with Crippen LogP contribution in [0.5, 0.6) is 0 Å². The van der Waals surface area contributed by atoms with Crippen molar-refractivity contribution in [3.8, 4) is 6.07 Å². The van der Waals surface area contributed by atoms with Crippen molar-refractivity contribution < 1.29 is 0 Å². The second-order valence-electron chi connectivity index (χ2n) is 4.29. The van der Waals surface area contributed by atoms with Crippen LogP contribution in [0.4, 0.5) is 5.69 Å². The molecule has 4 heteroatoms. The van der Waals surface area contributed by atoms with Gasteiger partial charge in [0.25, 0.3) is 0 Å². The van der Waals surface area contributed by atoms with Gasteiger partial charge in [-0.1, -0.05) is 18.2 Å². The third-order valence-electron chi connectivity index (χ3n) is 3.06. The molecule has 0 fully saturated rings. The summed E-state index contributed by atoms with van der Waals surface area (Å²) < 4.78 is 0. The lowest BCUT2D eigenvalue weighted by Crippen LogP contribution is -2.01. The summed E-state index contributed by atoms with van der Waals surface area (Å²) in [6.45, 7) is 0.632. The fraction of sp³-hybridized carbons (Fsp3) is 0.0667. The average Bonchev–Trinajstić information content (AvgIpc) is 2.93. The first-order chi connectivity index (χ1) is 9.36. The van der Waals surface area contributed by atoms with Gasteiger partial charge in [-0.05, 0) is 29.8 Å². The molecule has 0 aliphatic carbocycles.